The van der Waals surface area contributed by atoms with Crippen LogP contribution in [0, 0.1) is 11.3 Å². The van der Waals surface area contributed by atoms with Crippen molar-refractivity contribution < 1.29 is 0 Å². The average Bonchev–Trinajstić information content (AvgIpc) is 3.10. The largest absolute Gasteiger partial charge is 0.368 e. The van der Waals surface area contributed by atoms with Gasteiger partial charge in [0.25, 0.3) is 0 Å². The molecule has 2 aromatic carbocycles. The number of aromatic nitrogens is 1. The topological polar surface area (TPSA) is 43.2 Å². The minimum absolute atomic E-state index is 0.736. The van der Waals surface area contributed by atoms with Gasteiger partial charge in [-0.25, -0.2) is 4.98 Å². The molecule has 3 aromatic rings. The van der Waals surface area contributed by atoms with Crippen molar-refractivity contribution >= 4 is 32.8 Å². The summed E-state index contributed by atoms with van der Waals surface area (Å²) in [5.74, 6) is 0. The molecule has 4 rings (SSSR count). The zero-order valence-corrected chi connectivity index (χ0v) is 16.3. The zero-order valence-electron chi connectivity index (χ0n) is 15.5. The summed E-state index contributed by atoms with van der Waals surface area (Å²) in [7, 11) is 0. The molecule has 4 nitrogen and oxygen atoms in total. The summed E-state index contributed by atoms with van der Waals surface area (Å²) in [6, 6.07) is 16.6. The minimum Gasteiger partial charge on any atom is -0.368 e. The number of nitriles is 1. The molecule has 1 aliphatic heterocycles. The fraction of sp³-hybridized carbons (Fsp3) is 0.273. The molecule has 0 spiro atoms. The maximum Gasteiger partial charge on any atom is 0.108 e. The SMILES string of the molecule is C=C(C)c1ccc(C#N)c(N2CCN(Cc3nc4ccccc4s3)CC2)c1. The van der Waals surface area contributed by atoms with Crippen molar-refractivity contribution in [1.82, 2.24) is 9.88 Å². The van der Waals surface area contributed by atoms with Gasteiger partial charge in [-0.15, -0.1) is 11.3 Å². The Labute approximate surface area is 164 Å². The monoisotopic (exact) mass is 374 g/mol. The molecule has 1 saturated heterocycles. The molecule has 0 aliphatic carbocycles. The summed E-state index contributed by atoms with van der Waals surface area (Å²) in [5, 5.41) is 10.7. The number of anilines is 1. The number of hydrogen-bond acceptors (Lipinski definition) is 5. The molecule has 2 heterocycles. The van der Waals surface area contributed by atoms with Gasteiger partial charge >= 0.3 is 0 Å². The van der Waals surface area contributed by atoms with Crippen LogP contribution >= 0.6 is 11.3 Å². The molecule has 0 unspecified atom stereocenters. The van der Waals surface area contributed by atoms with E-state index in [1.165, 1.54) is 9.71 Å². The van der Waals surface area contributed by atoms with Crippen LogP contribution in [0.15, 0.2) is 49.0 Å². The van der Waals surface area contributed by atoms with Crippen molar-refractivity contribution in [3.8, 4) is 6.07 Å². The Morgan fingerprint density at radius 2 is 1.96 bits per heavy atom. The van der Waals surface area contributed by atoms with Gasteiger partial charge in [0.05, 0.1) is 28.0 Å². The smallest absolute Gasteiger partial charge is 0.108 e. The van der Waals surface area contributed by atoms with Crippen molar-refractivity contribution in [3.63, 3.8) is 0 Å². The predicted molar refractivity (Wildman–Crippen MR) is 113 cm³/mol. The molecule has 0 atom stereocenters. The standard InChI is InChI=1S/C22H22N4S/c1-16(2)17-7-8-18(14-23)20(13-17)26-11-9-25(10-12-26)15-22-24-19-5-3-4-6-21(19)27-22/h3-8,13H,1,9-12,15H2,2H3. The van der Waals surface area contributed by atoms with Crippen LogP contribution in [0.2, 0.25) is 0 Å². The lowest BCUT2D eigenvalue weighted by atomic mass is 10.0. The zero-order chi connectivity index (χ0) is 18.8. The molecule has 1 aliphatic rings. The Hall–Kier alpha value is -2.68. The fourth-order valence-electron chi connectivity index (χ4n) is 3.48. The van der Waals surface area contributed by atoms with Crippen molar-refractivity contribution in [2.24, 2.45) is 0 Å². The summed E-state index contributed by atoms with van der Waals surface area (Å²) < 4.78 is 1.25. The molecule has 1 fully saturated rings. The molecule has 0 bridgehead atoms. The van der Waals surface area contributed by atoms with Crippen LogP contribution < -0.4 is 4.90 Å². The number of rotatable bonds is 4. The van der Waals surface area contributed by atoms with Crippen LogP contribution in [0.4, 0.5) is 5.69 Å². The van der Waals surface area contributed by atoms with Crippen LogP contribution in [0.25, 0.3) is 15.8 Å². The number of hydrogen-bond donors (Lipinski definition) is 0. The normalized spacial score (nSPS) is 15.0. The van der Waals surface area contributed by atoms with Gasteiger partial charge in [-0.1, -0.05) is 30.4 Å². The fourth-order valence-corrected chi connectivity index (χ4v) is 4.49. The molecule has 0 amide bonds. The van der Waals surface area contributed by atoms with Gasteiger partial charge in [-0.05, 0) is 36.8 Å². The molecule has 0 saturated carbocycles. The summed E-state index contributed by atoms with van der Waals surface area (Å²) >= 11 is 1.78. The van der Waals surface area contributed by atoms with Crippen LogP contribution in [0.3, 0.4) is 0 Å². The highest BCUT2D eigenvalue weighted by Crippen LogP contribution is 2.27. The third kappa shape index (κ3) is 3.73. The Balaban J connectivity index is 1.45. The number of para-hydroxylation sites is 1. The number of thiazole rings is 1. The number of allylic oxidation sites excluding steroid dienone is 1. The summed E-state index contributed by atoms with van der Waals surface area (Å²) in [6.45, 7) is 10.7. The van der Waals surface area contributed by atoms with E-state index in [-0.39, 0.29) is 0 Å². The lowest BCUT2D eigenvalue weighted by Gasteiger charge is -2.36. The van der Waals surface area contributed by atoms with Gasteiger partial charge in [0.15, 0.2) is 0 Å². The first-order chi connectivity index (χ1) is 13.1. The van der Waals surface area contributed by atoms with Crippen molar-refractivity contribution in [1.29, 1.82) is 5.26 Å². The quantitative estimate of drug-likeness (QED) is 0.673. The Kier molecular flexibility index (Phi) is 4.93. The van der Waals surface area contributed by atoms with Crippen molar-refractivity contribution in [3.05, 3.63) is 65.2 Å². The second kappa shape index (κ2) is 7.51. The molecular weight excluding hydrogens is 352 g/mol. The Bertz CT molecular complexity index is 989. The van der Waals surface area contributed by atoms with Gasteiger partial charge in [0, 0.05) is 26.2 Å². The van der Waals surface area contributed by atoms with E-state index in [4.69, 9.17) is 4.98 Å². The number of nitrogens with zero attached hydrogens (tertiary/aromatic N) is 4. The summed E-state index contributed by atoms with van der Waals surface area (Å²) in [6.07, 6.45) is 0. The van der Waals surface area contributed by atoms with Gasteiger partial charge in [-0.3, -0.25) is 4.90 Å². The first-order valence-corrected chi connectivity index (χ1v) is 9.97. The van der Waals surface area contributed by atoms with Gasteiger partial charge in [0.2, 0.25) is 0 Å². The van der Waals surface area contributed by atoms with E-state index in [1.807, 2.05) is 25.1 Å². The van der Waals surface area contributed by atoms with Crippen molar-refractivity contribution in [2.45, 2.75) is 13.5 Å². The lowest BCUT2D eigenvalue weighted by Crippen LogP contribution is -2.46. The van der Waals surface area contributed by atoms with Gasteiger partial charge < -0.3 is 4.90 Å². The van der Waals surface area contributed by atoms with Crippen LogP contribution in [-0.2, 0) is 6.54 Å². The summed E-state index contributed by atoms with van der Waals surface area (Å²) in [4.78, 5) is 9.52. The molecule has 0 N–H and O–H groups in total. The minimum atomic E-state index is 0.736. The molecule has 27 heavy (non-hydrogen) atoms. The van der Waals surface area contributed by atoms with Crippen LogP contribution in [0.1, 0.15) is 23.1 Å². The molecule has 1 aromatic heterocycles. The third-order valence-corrected chi connectivity index (χ3v) is 6.04. The van der Waals surface area contributed by atoms with Gasteiger partial charge in [0.1, 0.15) is 11.1 Å². The van der Waals surface area contributed by atoms with Crippen LogP contribution in [-0.4, -0.2) is 36.1 Å². The molecule has 5 heteroatoms. The molecule has 0 radical (unpaired) electrons. The van der Waals surface area contributed by atoms with E-state index in [2.05, 4.69) is 46.7 Å². The maximum absolute atomic E-state index is 9.48. The third-order valence-electron chi connectivity index (χ3n) is 5.02. The van der Waals surface area contributed by atoms with E-state index < -0.39 is 0 Å². The van der Waals surface area contributed by atoms with E-state index in [1.54, 1.807) is 11.3 Å². The Morgan fingerprint density at radius 3 is 2.67 bits per heavy atom. The summed E-state index contributed by atoms with van der Waals surface area (Å²) in [5.41, 5.74) is 4.97. The van der Waals surface area contributed by atoms with E-state index >= 15 is 0 Å². The first-order valence-electron chi connectivity index (χ1n) is 9.16. The van der Waals surface area contributed by atoms with E-state index in [0.717, 1.165) is 60.6 Å². The van der Waals surface area contributed by atoms with E-state index in [9.17, 15) is 5.26 Å². The number of fused-ring (bicyclic) bond motifs is 1. The predicted octanol–water partition coefficient (Wildman–Crippen LogP) is 4.52. The maximum atomic E-state index is 9.48. The van der Waals surface area contributed by atoms with Crippen LogP contribution in [0.5, 0.6) is 0 Å². The highest BCUT2D eigenvalue weighted by atomic mass is 32.1. The highest BCUT2D eigenvalue weighted by Gasteiger charge is 2.20. The van der Waals surface area contributed by atoms with E-state index in [0.29, 0.717) is 0 Å². The second-order valence-electron chi connectivity index (χ2n) is 6.96. The first kappa shape index (κ1) is 17.7. The number of benzene rings is 2. The molecular formula is C22H22N4S. The highest BCUT2D eigenvalue weighted by molar-refractivity contribution is 7.18. The van der Waals surface area contributed by atoms with Crippen molar-refractivity contribution in [2.75, 3.05) is 31.1 Å². The van der Waals surface area contributed by atoms with Gasteiger partial charge in [-0.2, -0.15) is 5.26 Å². The molecule has 136 valence electrons. The Morgan fingerprint density at radius 1 is 1.19 bits per heavy atom. The number of piperazine rings is 1. The lowest BCUT2D eigenvalue weighted by molar-refractivity contribution is 0.249. The average molecular weight is 375 g/mol. The second-order valence-corrected chi connectivity index (χ2v) is 8.08.